The zero-order chi connectivity index (χ0) is 19.7. The van der Waals surface area contributed by atoms with Crippen molar-refractivity contribution in [1.29, 1.82) is 0 Å². The third kappa shape index (κ3) is 3.54. The number of ether oxygens (including phenoxy) is 1. The number of fused-ring (bicyclic) bond motifs is 1. The lowest BCUT2D eigenvalue weighted by molar-refractivity contribution is 0.0909. The lowest BCUT2D eigenvalue weighted by atomic mass is 10.1. The van der Waals surface area contributed by atoms with Crippen molar-refractivity contribution in [2.75, 3.05) is 13.7 Å². The number of thiophene rings is 1. The molecule has 4 aromatic heterocycles. The fraction of sp³-hybridized carbons (Fsp3) is 0.263. The van der Waals surface area contributed by atoms with Gasteiger partial charge < -0.3 is 10.1 Å². The number of hydrogen-bond donors (Lipinski definition) is 1. The summed E-state index contributed by atoms with van der Waals surface area (Å²) in [6, 6.07) is 1.82. The average molecular weight is 396 g/mol. The molecule has 0 fully saturated rings. The molecule has 0 radical (unpaired) electrons. The first-order valence-electron chi connectivity index (χ1n) is 8.76. The molecule has 9 heteroatoms. The van der Waals surface area contributed by atoms with Crippen molar-refractivity contribution < 1.29 is 9.53 Å². The third-order valence-electron chi connectivity index (χ3n) is 4.32. The topological polar surface area (TPSA) is 86.3 Å². The van der Waals surface area contributed by atoms with Crippen LogP contribution in [-0.2, 0) is 11.8 Å². The van der Waals surface area contributed by atoms with Crippen LogP contribution in [0.5, 0.6) is 0 Å². The van der Waals surface area contributed by atoms with E-state index < -0.39 is 0 Å². The van der Waals surface area contributed by atoms with Crippen molar-refractivity contribution in [2.24, 2.45) is 7.05 Å². The van der Waals surface area contributed by atoms with Gasteiger partial charge in [-0.1, -0.05) is 0 Å². The summed E-state index contributed by atoms with van der Waals surface area (Å²) in [5.74, 6) is -0.107. The van der Waals surface area contributed by atoms with E-state index in [-0.39, 0.29) is 11.9 Å². The highest BCUT2D eigenvalue weighted by molar-refractivity contribution is 7.12. The first-order chi connectivity index (χ1) is 13.5. The molecule has 4 rings (SSSR count). The van der Waals surface area contributed by atoms with E-state index in [0.29, 0.717) is 11.5 Å². The first-order valence-corrected chi connectivity index (χ1v) is 9.64. The summed E-state index contributed by atoms with van der Waals surface area (Å²) in [4.78, 5) is 17.6. The first kappa shape index (κ1) is 18.3. The van der Waals surface area contributed by atoms with Crippen molar-refractivity contribution in [3.63, 3.8) is 0 Å². The molecule has 0 saturated carbocycles. The molecule has 1 amide bonds. The number of nitrogens with zero attached hydrogens (tertiary/aromatic N) is 5. The van der Waals surface area contributed by atoms with Gasteiger partial charge >= 0.3 is 0 Å². The minimum Gasteiger partial charge on any atom is -0.383 e. The molecule has 1 unspecified atom stereocenters. The lowest BCUT2D eigenvalue weighted by Crippen LogP contribution is -2.35. The van der Waals surface area contributed by atoms with Crippen LogP contribution >= 0.6 is 11.3 Å². The summed E-state index contributed by atoms with van der Waals surface area (Å²) < 4.78 is 8.55. The summed E-state index contributed by atoms with van der Waals surface area (Å²) in [5.41, 5.74) is 4.47. The minimum atomic E-state index is -0.107. The van der Waals surface area contributed by atoms with E-state index >= 15 is 0 Å². The van der Waals surface area contributed by atoms with E-state index in [9.17, 15) is 4.79 Å². The Morgan fingerprint density at radius 1 is 1.21 bits per heavy atom. The average Bonchev–Trinajstić information content (AvgIpc) is 3.40. The van der Waals surface area contributed by atoms with Gasteiger partial charge in [-0.3, -0.25) is 9.48 Å². The number of carbonyl (C=O) groups is 1. The van der Waals surface area contributed by atoms with Crippen LogP contribution in [0.25, 0.3) is 27.9 Å². The summed E-state index contributed by atoms with van der Waals surface area (Å²) in [7, 11) is 3.49. The maximum Gasteiger partial charge on any atom is 0.261 e. The SMILES string of the molecule is COCC(C)NC(=O)c1cc(-c2cnn3cc(-c4cnn(C)c4)cnc23)cs1. The normalized spacial score (nSPS) is 12.4. The summed E-state index contributed by atoms with van der Waals surface area (Å²) in [6.07, 6.45) is 9.23. The van der Waals surface area contributed by atoms with Gasteiger partial charge in [0.1, 0.15) is 0 Å². The van der Waals surface area contributed by atoms with E-state index in [1.54, 1.807) is 28.7 Å². The highest BCUT2D eigenvalue weighted by Crippen LogP contribution is 2.29. The maximum atomic E-state index is 12.4. The monoisotopic (exact) mass is 396 g/mol. The molecular formula is C19H20N6O2S. The standard InChI is InChI=1S/C19H20N6O2S/c1-12(10-27-3)23-19(26)17-4-13(11-28-17)16-7-22-25-9-14(5-20-18(16)25)15-6-21-24(2)8-15/h4-9,11-12H,10H2,1-3H3,(H,23,26). The van der Waals surface area contributed by atoms with Gasteiger partial charge in [-0.05, 0) is 23.9 Å². The van der Waals surface area contributed by atoms with E-state index in [0.717, 1.165) is 27.9 Å². The second kappa shape index (κ2) is 7.53. The maximum absolute atomic E-state index is 12.4. The third-order valence-corrected chi connectivity index (χ3v) is 5.25. The van der Waals surface area contributed by atoms with Crippen molar-refractivity contribution in [2.45, 2.75) is 13.0 Å². The number of aryl methyl sites for hydroxylation is 1. The fourth-order valence-electron chi connectivity index (χ4n) is 2.98. The molecule has 1 atom stereocenters. The van der Waals surface area contributed by atoms with Crippen LogP contribution in [0.15, 0.2) is 42.4 Å². The van der Waals surface area contributed by atoms with Crippen LogP contribution in [0.2, 0.25) is 0 Å². The number of methoxy groups -OCH3 is 1. The van der Waals surface area contributed by atoms with Crippen LogP contribution in [0.1, 0.15) is 16.6 Å². The highest BCUT2D eigenvalue weighted by atomic mass is 32.1. The van der Waals surface area contributed by atoms with Gasteiger partial charge in [0.15, 0.2) is 5.65 Å². The van der Waals surface area contributed by atoms with Crippen LogP contribution < -0.4 is 5.32 Å². The molecule has 0 aliphatic heterocycles. The molecular weight excluding hydrogens is 376 g/mol. The van der Waals surface area contributed by atoms with E-state index in [1.807, 2.05) is 44.0 Å². The molecule has 0 aliphatic rings. The molecule has 0 saturated heterocycles. The summed E-state index contributed by atoms with van der Waals surface area (Å²) >= 11 is 1.40. The number of nitrogens with one attached hydrogen (secondary N) is 1. The molecule has 4 aromatic rings. The smallest absolute Gasteiger partial charge is 0.261 e. The van der Waals surface area contributed by atoms with Gasteiger partial charge in [0.2, 0.25) is 0 Å². The molecule has 0 spiro atoms. The van der Waals surface area contributed by atoms with Gasteiger partial charge in [0, 0.05) is 55.5 Å². The van der Waals surface area contributed by atoms with Crippen LogP contribution in [0.4, 0.5) is 0 Å². The Morgan fingerprint density at radius 3 is 2.79 bits per heavy atom. The Labute approximate surface area is 165 Å². The summed E-state index contributed by atoms with van der Waals surface area (Å²) in [6.45, 7) is 2.38. The molecule has 8 nitrogen and oxygen atoms in total. The van der Waals surface area contributed by atoms with Crippen molar-refractivity contribution >= 4 is 22.9 Å². The van der Waals surface area contributed by atoms with Crippen molar-refractivity contribution in [3.05, 3.63) is 47.3 Å². The second-order valence-corrected chi connectivity index (χ2v) is 7.51. The largest absolute Gasteiger partial charge is 0.383 e. The van der Waals surface area contributed by atoms with Gasteiger partial charge in [-0.2, -0.15) is 10.2 Å². The molecule has 28 heavy (non-hydrogen) atoms. The Kier molecular flexibility index (Phi) is 4.93. The quantitative estimate of drug-likeness (QED) is 0.541. The van der Waals surface area contributed by atoms with Crippen LogP contribution in [-0.4, -0.2) is 50.0 Å². The number of carbonyl (C=O) groups excluding carboxylic acids is 1. The Balaban J connectivity index is 1.60. The number of amides is 1. The molecule has 1 N–H and O–H groups in total. The van der Waals surface area contributed by atoms with Gasteiger partial charge in [-0.15, -0.1) is 11.3 Å². The van der Waals surface area contributed by atoms with Crippen LogP contribution in [0, 0.1) is 0 Å². The molecule has 0 bridgehead atoms. The van der Waals surface area contributed by atoms with Gasteiger partial charge in [-0.25, -0.2) is 9.50 Å². The lowest BCUT2D eigenvalue weighted by Gasteiger charge is -2.11. The van der Waals surface area contributed by atoms with Crippen LogP contribution in [0.3, 0.4) is 0 Å². The fourth-order valence-corrected chi connectivity index (χ4v) is 3.79. The molecule has 144 valence electrons. The zero-order valence-electron chi connectivity index (χ0n) is 15.8. The van der Waals surface area contributed by atoms with Gasteiger partial charge in [0.25, 0.3) is 5.91 Å². The Morgan fingerprint density at radius 2 is 2.04 bits per heavy atom. The van der Waals surface area contributed by atoms with E-state index in [1.165, 1.54) is 11.3 Å². The number of aromatic nitrogens is 5. The van der Waals surface area contributed by atoms with Crippen molar-refractivity contribution in [3.8, 4) is 22.3 Å². The zero-order valence-corrected chi connectivity index (χ0v) is 16.6. The number of hydrogen-bond acceptors (Lipinski definition) is 6. The van der Waals surface area contributed by atoms with E-state index in [2.05, 4.69) is 20.5 Å². The molecule has 4 heterocycles. The Hall–Kier alpha value is -3.04. The second-order valence-electron chi connectivity index (χ2n) is 6.60. The molecule has 0 aromatic carbocycles. The summed E-state index contributed by atoms with van der Waals surface area (Å²) in [5, 5.41) is 13.5. The predicted octanol–water partition coefficient (Wildman–Crippen LogP) is 2.62. The predicted molar refractivity (Wildman–Crippen MR) is 107 cm³/mol. The Bertz CT molecular complexity index is 1130. The number of rotatable bonds is 6. The highest BCUT2D eigenvalue weighted by Gasteiger charge is 2.16. The minimum absolute atomic E-state index is 0.0485. The molecule has 0 aliphatic carbocycles. The van der Waals surface area contributed by atoms with Gasteiger partial charge in [0.05, 0.1) is 23.9 Å². The van der Waals surface area contributed by atoms with E-state index in [4.69, 9.17) is 4.74 Å². The van der Waals surface area contributed by atoms with Crippen molar-refractivity contribution in [1.82, 2.24) is 29.7 Å².